The summed E-state index contributed by atoms with van der Waals surface area (Å²) in [6.07, 6.45) is 12.7. The molecule has 18 heteroatoms. The van der Waals surface area contributed by atoms with E-state index in [2.05, 4.69) is 37.5 Å². The van der Waals surface area contributed by atoms with E-state index in [9.17, 15) is 36.6 Å². The lowest BCUT2D eigenvalue weighted by atomic mass is 9.79. The fraction of sp³-hybridized carbons (Fsp3) is 0.536. The zero-order valence-corrected chi connectivity index (χ0v) is 47.7. The molecule has 74 heavy (non-hydrogen) atoms. The Morgan fingerprint density at radius 3 is 1.16 bits per heavy atom. The van der Waals surface area contributed by atoms with E-state index >= 15 is 0 Å². The van der Waals surface area contributed by atoms with Gasteiger partial charge in [0.2, 0.25) is 0 Å². The van der Waals surface area contributed by atoms with Gasteiger partial charge in [0.05, 0.1) is 42.5 Å². The highest BCUT2D eigenvalue weighted by molar-refractivity contribution is 7.99. The van der Waals surface area contributed by atoms with Gasteiger partial charge < -0.3 is 39.0 Å². The summed E-state index contributed by atoms with van der Waals surface area (Å²) in [6, 6.07) is 26.8. The predicted molar refractivity (Wildman–Crippen MR) is 298 cm³/mol. The van der Waals surface area contributed by atoms with Gasteiger partial charge in [-0.25, -0.2) is 26.4 Å². The second-order valence-corrected chi connectivity index (χ2v) is 25.1. The molecule has 2 aliphatic heterocycles. The van der Waals surface area contributed by atoms with Gasteiger partial charge in [-0.1, -0.05) is 115 Å². The first kappa shape index (κ1) is 60.4. The number of aliphatic carboxylic acids is 2. The standard InChI is InChI=1S/2C28H39NO6S2/c2*1-5-7-14-28(15-8-6-2)19-29(21-12-10-9-11-13-21)22-16-25(36-4)23(17-26(22)37(32,33)20-28)35-18-24(34-3)27(30)31/h2*9-13,16-17,24H,5-8,14-15,18-20H2,1-4H3,(H,30,31)/t2*24-/m10/s1. The number of hydrogen-bond donors (Lipinski definition) is 2. The Kier molecular flexibility index (Phi) is 22.9. The highest BCUT2D eigenvalue weighted by Crippen LogP contribution is 2.50. The number of carbonyl (C=O) groups is 2. The van der Waals surface area contributed by atoms with Crippen molar-refractivity contribution >= 4 is 77.9 Å². The number of anilines is 4. The number of nitrogens with zero attached hydrogens (tertiary/aromatic N) is 2. The van der Waals surface area contributed by atoms with Crippen molar-refractivity contribution < 1.29 is 55.6 Å². The van der Waals surface area contributed by atoms with Crippen LogP contribution in [0.2, 0.25) is 0 Å². The molecule has 408 valence electrons. The number of rotatable bonds is 26. The number of sulfone groups is 2. The Morgan fingerprint density at radius 2 is 0.892 bits per heavy atom. The van der Waals surface area contributed by atoms with Crippen molar-refractivity contribution in [3.05, 3.63) is 84.9 Å². The lowest BCUT2D eigenvalue weighted by Crippen LogP contribution is -2.38. The Bertz CT molecular complexity index is 2470. The molecule has 0 saturated heterocycles. The van der Waals surface area contributed by atoms with Crippen molar-refractivity contribution in [2.24, 2.45) is 10.8 Å². The minimum atomic E-state index is -3.67. The van der Waals surface area contributed by atoms with Crippen LogP contribution < -0.4 is 19.3 Å². The van der Waals surface area contributed by atoms with Crippen molar-refractivity contribution in [2.45, 2.75) is 137 Å². The Hall–Kier alpha value is -4.46. The maximum absolute atomic E-state index is 14.1. The smallest absolute Gasteiger partial charge is 0.336 e. The van der Waals surface area contributed by atoms with E-state index in [4.69, 9.17) is 18.9 Å². The van der Waals surface area contributed by atoms with Crippen molar-refractivity contribution in [3.63, 3.8) is 0 Å². The third-order valence-electron chi connectivity index (χ3n) is 14.0. The van der Waals surface area contributed by atoms with Crippen molar-refractivity contribution in [1.82, 2.24) is 0 Å². The summed E-state index contributed by atoms with van der Waals surface area (Å²) < 4.78 is 77.9. The van der Waals surface area contributed by atoms with Crippen LogP contribution in [0, 0.1) is 10.8 Å². The number of unbranched alkanes of at least 4 members (excludes halogenated alkanes) is 4. The van der Waals surface area contributed by atoms with Crippen LogP contribution in [-0.4, -0.2) is 116 Å². The fourth-order valence-corrected chi connectivity index (χ4v) is 15.3. The summed E-state index contributed by atoms with van der Waals surface area (Å²) in [5, 5.41) is 18.7. The molecule has 0 spiro atoms. The van der Waals surface area contributed by atoms with Crippen molar-refractivity contribution in [2.75, 3.05) is 74.3 Å². The summed E-state index contributed by atoms with van der Waals surface area (Å²) in [7, 11) is -4.73. The highest BCUT2D eigenvalue weighted by Gasteiger charge is 2.44. The molecule has 6 rings (SSSR count). The van der Waals surface area contributed by atoms with Gasteiger partial charge >= 0.3 is 11.9 Å². The molecule has 2 atom stereocenters. The van der Waals surface area contributed by atoms with E-state index in [1.807, 2.05) is 85.3 Å². The molecule has 0 bridgehead atoms. The Labute approximate surface area is 449 Å². The third-order valence-corrected chi connectivity index (χ3v) is 19.5. The van der Waals surface area contributed by atoms with E-state index in [0.717, 1.165) is 98.2 Å². The first-order valence-electron chi connectivity index (χ1n) is 25.7. The number of benzene rings is 4. The molecular formula is C56H78N2O12S4. The van der Waals surface area contributed by atoms with Gasteiger partial charge in [-0.05, 0) is 74.6 Å². The van der Waals surface area contributed by atoms with Gasteiger partial charge in [-0.2, -0.15) is 0 Å². The number of thioether (sulfide) groups is 2. The number of fused-ring (bicyclic) bond motifs is 2. The maximum atomic E-state index is 14.1. The van der Waals surface area contributed by atoms with Crippen LogP contribution in [0.1, 0.15) is 105 Å². The summed E-state index contributed by atoms with van der Waals surface area (Å²) >= 11 is 2.87. The molecule has 4 aromatic rings. The molecule has 2 N–H and O–H groups in total. The van der Waals surface area contributed by atoms with Gasteiger partial charge in [0.15, 0.2) is 31.9 Å². The van der Waals surface area contributed by atoms with E-state index < -0.39 is 43.8 Å². The quantitative estimate of drug-likeness (QED) is 0.0565. The van der Waals surface area contributed by atoms with Crippen molar-refractivity contribution in [3.8, 4) is 11.5 Å². The number of para-hydroxylation sites is 2. The molecule has 0 amide bonds. The summed E-state index contributed by atoms with van der Waals surface area (Å²) in [6.45, 7) is 9.34. The second kappa shape index (κ2) is 28.1. The van der Waals surface area contributed by atoms with E-state index in [1.165, 1.54) is 37.7 Å². The number of methoxy groups -OCH3 is 2. The molecule has 0 aliphatic carbocycles. The molecule has 4 aromatic carbocycles. The molecule has 0 aromatic heterocycles. The molecule has 2 heterocycles. The third kappa shape index (κ3) is 15.4. The molecule has 0 radical (unpaired) electrons. The number of ether oxygens (including phenoxy) is 4. The van der Waals surface area contributed by atoms with Crippen LogP contribution in [0.15, 0.2) is 105 Å². The second-order valence-electron chi connectivity index (χ2n) is 19.5. The normalized spacial score (nSPS) is 17.0. The van der Waals surface area contributed by atoms with Gasteiger partial charge in [-0.3, -0.25) is 0 Å². The van der Waals surface area contributed by atoms with Gasteiger partial charge in [0, 0.05) is 61.6 Å². The average Bonchev–Trinajstić information content (AvgIpc) is 3.55. The number of hydrogen-bond acceptors (Lipinski definition) is 14. The topological polar surface area (TPSA) is 186 Å². The minimum Gasteiger partial charge on any atom is -0.489 e. The average molecular weight is 1100 g/mol. The molecule has 14 nitrogen and oxygen atoms in total. The summed E-state index contributed by atoms with van der Waals surface area (Å²) in [4.78, 5) is 29.1. The summed E-state index contributed by atoms with van der Waals surface area (Å²) in [5.74, 6) is -1.43. The van der Waals surface area contributed by atoms with Gasteiger partial charge in [0.1, 0.15) is 24.7 Å². The molecule has 0 saturated carbocycles. The van der Waals surface area contributed by atoms with Gasteiger partial charge in [-0.15, -0.1) is 23.5 Å². The predicted octanol–water partition coefficient (Wildman–Crippen LogP) is 12.4. The first-order valence-corrected chi connectivity index (χ1v) is 31.5. The largest absolute Gasteiger partial charge is 0.489 e. The van der Waals surface area contributed by atoms with Crippen LogP contribution in [-0.2, 0) is 38.7 Å². The summed E-state index contributed by atoms with van der Waals surface area (Å²) in [5.41, 5.74) is 2.40. The monoisotopic (exact) mass is 1100 g/mol. The fourth-order valence-electron chi connectivity index (χ4n) is 9.97. The van der Waals surface area contributed by atoms with E-state index in [0.29, 0.717) is 36.0 Å². The zero-order valence-electron chi connectivity index (χ0n) is 44.5. The lowest BCUT2D eigenvalue weighted by Gasteiger charge is -2.37. The van der Waals surface area contributed by atoms with E-state index in [1.54, 1.807) is 12.1 Å². The Balaban J connectivity index is 0.000000274. The van der Waals surface area contributed by atoms with E-state index in [-0.39, 0.29) is 45.3 Å². The SMILES string of the molecule is CCCCC1(CCCC)CN(c2ccccc2)c2cc(SC)c(OC[C@@H](OC)C(=O)O)cc2S(=O)(=O)C1.CCCCC1(CCCC)CN(c2ccccc2)c2cc(SC)c(OC[C@H](OC)C(=O)O)cc2S(=O)(=O)C1. The molecule has 0 unspecified atom stereocenters. The van der Waals surface area contributed by atoms with Gasteiger partial charge in [0.25, 0.3) is 0 Å². The maximum Gasteiger partial charge on any atom is 0.336 e. The van der Waals surface area contributed by atoms with Crippen molar-refractivity contribution in [1.29, 1.82) is 0 Å². The van der Waals surface area contributed by atoms with Crippen LogP contribution in [0.3, 0.4) is 0 Å². The minimum absolute atomic E-state index is 0.0736. The zero-order chi connectivity index (χ0) is 54.1. The van der Waals surface area contributed by atoms with Crippen LogP contribution in [0.25, 0.3) is 0 Å². The lowest BCUT2D eigenvalue weighted by molar-refractivity contribution is -0.151. The molecule has 0 fully saturated rings. The number of carboxylic acid groups (broad SMARTS) is 2. The molecular weight excluding hydrogens is 1020 g/mol. The van der Waals surface area contributed by atoms with Crippen LogP contribution in [0.5, 0.6) is 11.5 Å². The number of carboxylic acids is 2. The van der Waals surface area contributed by atoms with Crippen LogP contribution >= 0.6 is 23.5 Å². The Morgan fingerprint density at radius 1 is 0.568 bits per heavy atom. The van der Waals surface area contributed by atoms with Crippen LogP contribution in [0.4, 0.5) is 22.7 Å². The highest BCUT2D eigenvalue weighted by atomic mass is 32.2. The first-order chi connectivity index (χ1) is 35.4. The molecule has 2 aliphatic rings.